The van der Waals surface area contributed by atoms with E-state index < -0.39 is 24.2 Å². The molecule has 6 heteroatoms. The molecule has 2 atom stereocenters. The third-order valence-electron chi connectivity index (χ3n) is 4.59. The number of ether oxygens (including phenoxy) is 1. The van der Waals surface area contributed by atoms with Crippen LogP contribution in [0.15, 0.2) is 24.4 Å². The van der Waals surface area contributed by atoms with E-state index in [1.165, 1.54) is 4.57 Å². The second-order valence-corrected chi connectivity index (χ2v) is 6.86. The van der Waals surface area contributed by atoms with Gasteiger partial charge in [-0.3, -0.25) is 0 Å². The molecule has 2 N–H and O–H groups in total. The number of nitrogens with zero attached hydrogens (tertiary/aromatic N) is 1. The Hall–Kier alpha value is -2.18. The van der Waals surface area contributed by atoms with Gasteiger partial charge in [-0.1, -0.05) is 12.1 Å². The number of aromatic nitrogens is 1. The number of carbonyl (C=O) groups excluding carboxylic acids is 1. The summed E-state index contributed by atoms with van der Waals surface area (Å²) >= 11 is 0. The number of aryl methyl sites for hydroxylation is 1. The van der Waals surface area contributed by atoms with E-state index in [0.29, 0.717) is 17.9 Å². The largest absolute Gasteiger partial charge is 0.543 e. The van der Waals surface area contributed by atoms with Gasteiger partial charge in [0.05, 0.1) is 11.0 Å². The van der Waals surface area contributed by atoms with Crippen molar-refractivity contribution in [2.24, 2.45) is 0 Å². The third-order valence-corrected chi connectivity index (χ3v) is 4.59. The molecule has 2 unspecified atom stereocenters. The number of aliphatic hydroxyl groups excluding tert-OH is 1. The van der Waals surface area contributed by atoms with Gasteiger partial charge in [-0.25, -0.2) is 0 Å². The minimum atomic E-state index is -1.34. The summed E-state index contributed by atoms with van der Waals surface area (Å²) in [6.45, 7) is 4.63. The Bertz CT molecular complexity index is 809. The molecule has 1 aliphatic rings. The monoisotopic (exact) mass is 331 g/mol. The fourth-order valence-corrected chi connectivity index (χ4v) is 3.15. The highest BCUT2D eigenvalue weighted by Gasteiger charge is 2.36. The molecule has 0 spiro atoms. The third kappa shape index (κ3) is 2.72. The lowest BCUT2D eigenvalue weighted by Crippen LogP contribution is -2.52. The lowest BCUT2D eigenvalue weighted by atomic mass is 9.96. The highest BCUT2D eigenvalue weighted by molar-refractivity contribution is 5.89. The maximum atomic E-state index is 11.3. The van der Waals surface area contributed by atoms with Gasteiger partial charge in [0.25, 0.3) is 0 Å². The summed E-state index contributed by atoms with van der Waals surface area (Å²) in [5.41, 5.74) is 0.687. The standard InChI is InChI=1S/C18H21NO5/c1-10-6-11-4-5-12-7-15(18(2,3)23)24-16(12)13(11)8-19(10)14(9-20)17(21)22/h4-6,8,14-15,20,23H,7,9H2,1-3H3. The van der Waals surface area contributed by atoms with Crippen LogP contribution in [0.5, 0.6) is 5.75 Å². The number of benzene rings is 1. The summed E-state index contributed by atoms with van der Waals surface area (Å²) in [5.74, 6) is -0.684. The number of carboxylic acid groups (broad SMARTS) is 1. The minimum absolute atomic E-state index is 0.359. The molecule has 1 aromatic carbocycles. The molecule has 24 heavy (non-hydrogen) atoms. The van der Waals surface area contributed by atoms with Gasteiger partial charge in [0, 0.05) is 19.4 Å². The first-order chi connectivity index (χ1) is 11.2. The number of pyridine rings is 1. The van der Waals surface area contributed by atoms with E-state index in [4.69, 9.17) is 4.74 Å². The van der Waals surface area contributed by atoms with E-state index in [0.717, 1.165) is 16.3 Å². The molecule has 0 saturated carbocycles. The van der Waals surface area contributed by atoms with Crippen LogP contribution in [0.2, 0.25) is 0 Å². The molecule has 6 nitrogen and oxygen atoms in total. The number of carbonyl (C=O) groups is 1. The summed E-state index contributed by atoms with van der Waals surface area (Å²) in [5, 5.41) is 32.5. The van der Waals surface area contributed by atoms with E-state index >= 15 is 0 Å². The van der Waals surface area contributed by atoms with Crippen molar-refractivity contribution in [1.29, 1.82) is 0 Å². The van der Waals surface area contributed by atoms with Gasteiger partial charge in [0.2, 0.25) is 6.04 Å². The van der Waals surface area contributed by atoms with Crippen LogP contribution in [0, 0.1) is 6.92 Å². The first-order valence-electron chi connectivity index (χ1n) is 7.90. The van der Waals surface area contributed by atoms with Crippen LogP contribution >= 0.6 is 0 Å². The molecule has 1 aliphatic heterocycles. The smallest absolute Gasteiger partial charge is 0.220 e. The lowest BCUT2D eigenvalue weighted by molar-refractivity contribution is -0.721. The Balaban J connectivity index is 2.15. The number of rotatable bonds is 4. The summed E-state index contributed by atoms with van der Waals surface area (Å²) in [4.78, 5) is 11.3. The van der Waals surface area contributed by atoms with Crippen LogP contribution in [-0.4, -0.2) is 34.5 Å². The summed E-state index contributed by atoms with van der Waals surface area (Å²) in [6, 6.07) is 4.61. The van der Waals surface area contributed by atoms with Crippen molar-refractivity contribution < 1.29 is 29.4 Å². The van der Waals surface area contributed by atoms with E-state index in [2.05, 4.69) is 0 Å². The summed E-state index contributed by atoms with van der Waals surface area (Å²) < 4.78 is 7.45. The van der Waals surface area contributed by atoms with Crippen molar-refractivity contribution in [1.82, 2.24) is 0 Å². The highest BCUT2D eigenvalue weighted by atomic mass is 16.5. The molecule has 0 aliphatic carbocycles. The number of hydrogen-bond acceptors (Lipinski definition) is 5. The lowest BCUT2D eigenvalue weighted by Gasteiger charge is -2.24. The van der Waals surface area contributed by atoms with Crippen LogP contribution < -0.4 is 14.4 Å². The maximum Gasteiger partial charge on any atom is 0.220 e. The second-order valence-electron chi connectivity index (χ2n) is 6.86. The molecule has 1 aromatic heterocycles. The molecule has 2 aromatic rings. The number of aliphatic hydroxyl groups is 2. The van der Waals surface area contributed by atoms with E-state index in [-0.39, 0.29) is 6.10 Å². The Kier molecular flexibility index (Phi) is 3.97. The number of carboxylic acids is 1. The second kappa shape index (κ2) is 5.72. The molecule has 128 valence electrons. The summed E-state index contributed by atoms with van der Waals surface area (Å²) in [6.07, 6.45) is 1.90. The fraction of sp³-hybridized carbons (Fsp3) is 0.444. The topological polar surface area (TPSA) is 93.7 Å². The van der Waals surface area contributed by atoms with Gasteiger partial charge in [-0.2, -0.15) is 4.57 Å². The minimum Gasteiger partial charge on any atom is -0.543 e. The normalized spacial score (nSPS) is 18.3. The van der Waals surface area contributed by atoms with Crippen molar-refractivity contribution in [2.75, 3.05) is 6.61 Å². The van der Waals surface area contributed by atoms with Crippen LogP contribution in [0.1, 0.15) is 31.1 Å². The SMILES string of the molecule is Cc1cc2ccc3c(c2c[n+]1C(CO)C(=O)[O-])OC(C(C)(C)O)C3. The van der Waals surface area contributed by atoms with Crippen molar-refractivity contribution in [2.45, 2.75) is 44.9 Å². The van der Waals surface area contributed by atoms with Gasteiger partial charge in [0.1, 0.15) is 24.4 Å². The number of aliphatic carboxylic acids is 1. The fourth-order valence-electron chi connectivity index (χ4n) is 3.15. The first kappa shape index (κ1) is 16.7. The molecule has 0 amide bonds. The zero-order valence-electron chi connectivity index (χ0n) is 13.9. The van der Waals surface area contributed by atoms with Crippen LogP contribution in [0.4, 0.5) is 0 Å². The molecule has 0 bridgehead atoms. The van der Waals surface area contributed by atoms with Crippen molar-refractivity contribution >= 4 is 16.7 Å². The van der Waals surface area contributed by atoms with Crippen LogP contribution in [-0.2, 0) is 11.2 Å². The van der Waals surface area contributed by atoms with Crippen molar-refractivity contribution in [3.05, 3.63) is 35.7 Å². The molecular weight excluding hydrogens is 310 g/mol. The van der Waals surface area contributed by atoms with Gasteiger partial charge >= 0.3 is 0 Å². The predicted molar refractivity (Wildman–Crippen MR) is 84.4 cm³/mol. The van der Waals surface area contributed by atoms with E-state index in [9.17, 15) is 20.1 Å². The Morgan fingerprint density at radius 3 is 2.79 bits per heavy atom. The van der Waals surface area contributed by atoms with Gasteiger partial charge in [0.15, 0.2) is 11.9 Å². The predicted octanol–water partition coefficient (Wildman–Crippen LogP) is -0.207. The van der Waals surface area contributed by atoms with Gasteiger partial charge < -0.3 is 24.9 Å². The van der Waals surface area contributed by atoms with Crippen LogP contribution in [0.3, 0.4) is 0 Å². The molecular formula is C18H21NO5. The Morgan fingerprint density at radius 1 is 1.50 bits per heavy atom. The molecule has 2 heterocycles. The van der Waals surface area contributed by atoms with E-state index in [1.807, 2.05) is 18.2 Å². The Morgan fingerprint density at radius 2 is 2.21 bits per heavy atom. The van der Waals surface area contributed by atoms with Crippen molar-refractivity contribution in [3.8, 4) is 5.75 Å². The first-order valence-corrected chi connectivity index (χ1v) is 7.90. The molecule has 3 rings (SSSR count). The zero-order valence-corrected chi connectivity index (χ0v) is 13.9. The van der Waals surface area contributed by atoms with Gasteiger partial charge in [-0.15, -0.1) is 0 Å². The molecule has 0 saturated heterocycles. The quantitative estimate of drug-likeness (QED) is 0.757. The molecule has 0 radical (unpaired) electrons. The summed E-state index contributed by atoms with van der Waals surface area (Å²) in [7, 11) is 0. The molecule has 0 fully saturated rings. The number of hydrogen-bond donors (Lipinski definition) is 2. The Labute approximate surface area is 139 Å². The van der Waals surface area contributed by atoms with Gasteiger partial charge in [-0.05, 0) is 24.8 Å². The zero-order chi connectivity index (χ0) is 17.6. The van der Waals surface area contributed by atoms with Crippen molar-refractivity contribution in [3.63, 3.8) is 0 Å². The highest BCUT2D eigenvalue weighted by Crippen LogP contribution is 2.38. The van der Waals surface area contributed by atoms with E-state index in [1.54, 1.807) is 27.0 Å². The average Bonchev–Trinajstić information content (AvgIpc) is 2.92. The maximum absolute atomic E-state index is 11.3. The van der Waals surface area contributed by atoms with Crippen LogP contribution in [0.25, 0.3) is 10.8 Å². The number of fused-ring (bicyclic) bond motifs is 3. The average molecular weight is 331 g/mol.